The number of ketones is 2. The van der Waals surface area contributed by atoms with Gasteiger partial charge in [-0.25, -0.2) is 9.37 Å². The number of carbonyl (C=O) groups excluding carboxylic acids is 2. The number of hydrogen-bond donors (Lipinski definition) is 2. The minimum Gasteiger partial charge on any atom is -0.388 e. The number of halogens is 1. The highest BCUT2D eigenvalue weighted by atomic mass is 19.1. The van der Waals surface area contributed by atoms with E-state index in [-0.39, 0.29) is 30.3 Å². The van der Waals surface area contributed by atoms with E-state index < -0.39 is 35.8 Å². The average molecular weight is 371 g/mol. The zero-order valence-electron chi connectivity index (χ0n) is 13.9. The fourth-order valence-electron chi connectivity index (χ4n) is 3.62. The molecule has 1 saturated heterocycles. The summed E-state index contributed by atoms with van der Waals surface area (Å²) in [5.74, 6) is -0.982. The lowest BCUT2D eigenvalue weighted by atomic mass is 10.0. The van der Waals surface area contributed by atoms with Crippen molar-refractivity contribution >= 4 is 17.3 Å². The first kappa shape index (κ1) is 16.3. The third-order valence-corrected chi connectivity index (χ3v) is 4.81. The number of nitrogens with zero attached hydrogens (tertiary/aromatic N) is 2. The molecule has 138 valence electrons. The van der Waals surface area contributed by atoms with Crippen molar-refractivity contribution in [2.45, 2.75) is 25.0 Å². The molecule has 1 fully saturated rings. The number of rotatable bonds is 2. The lowest BCUT2D eigenvalue weighted by Crippen LogP contribution is -2.37. The van der Waals surface area contributed by atoms with Gasteiger partial charge in [-0.05, 0) is 18.2 Å². The summed E-state index contributed by atoms with van der Waals surface area (Å²) in [4.78, 5) is 29.9. The number of ether oxygens (including phenoxy) is 2. The van der Waals surface area contributed by atoms with E-state index in [1.807, 2.05) is 0 Å². The molecule has 9 heteroatoms. The molecule has 0 bridgehead atoms. The number of carbonyl (C=O) groups is 2. The van der Waals surface area contributed by atoms with Gasteiger partial charge in [0.15, 0.2) is 6.23 Å². The summed E-state index contributed by atoms with van der Waals surface area (Å²) in [6, 6.07) is 5.58. The predicted octanol–water partition coefficient (Wildman–Crippen LogP) is 1.19. The van der Waals surface area contributed by atoms with Crippen LogP contribution < -0.4 is 5.32 Å². The zero-order chi connectivity index (χ0) is 18.7. The molecule has 0 unspecified atom stereocenters. The van der Waals surface area contributed by atoms with E-state index in [2.05, 4.69) is 10.3 Å². The van der Waals surface area contributed by atoms with Crippen molar-refractivity contribution in [1.82, 2.24) is 9.55 Å². The maximum atomic E-state index is 13.4. The number of hydrogen-bond acceptors (Lipinski definition) is 7. The molecule has 2 N–H and O–H groups in total. The highest BCUT2D eigenvalue weighted by molar-refractivity contribution is 6.24. The average Bonchev–Trinajstić information content (AvgIpc) is 3.21. The Morgan fingerprint density at radius 2 is 2.15 bits per heavy atom. The standard InChI is InChI=1S/C18H14FN3O5/c19-8-2-1-3-9(4-8)20-10-5-11(23)15-14(16(10)25)21-13-7-26-17-12(24)6-27-18(17)22(13)15/h1-5,12,17-18,20,24H,6-7H2/t12-,17-,18+/m1/s1. The Morgan fingerprint density at radius 3 is 2.96 bits per heavy atom. The van der Waals surface area contributed by atoms with Gasteiger partial charge in [-0.1, -0.05) is 6.07 Å². The van der Waals surface area contributed by atoms with Crippen LogP contribution in [-0.4, -0.2) is 45.0 Å². The largest absolute Gasteiger partial charge is 0.388 e. The quantitative estimate of drug-likeness (QED) is 0.817. The maximum absolute atomic E-state index is 13.4. The second-order valence-electron chi connectivity index (χ2n) is 6.55. The molecule has 1 aromatic heterocycles. The lowest BCUT2D eigenvalue weighted by Gasteiger charge is -2.29. The van der Waals surface area contributed by atoms with Crippen LogP contribution in [0.1, 0.15) is 33.0 Å². The van der Waals surface area contributed by atoms with Gasteiger partial charge in [-0.2, -0.15) is 0 Å². The Kier molecular flexibility index (Phi) is 3.51. The summed E-state index contributed by atoms with van der Waals surface area (Å²) >= 11 is 0. The van der Waals surface area contributed by atoms with Crippen LogP contribution in [0.2, 0.25) is 0 Å². The monoisotopic (exact) mass is 371 g/mol. The molecule has 0 radical (unpaired) electrons. The van der Waals surface area contributed by atoms with Gasteiger partial charge in [0.1, 0.15) is 41.8 Å². The van der Waals surface area contributed by atoms with Crippen molar-refractivity contribution in [2.24, 2.45) is 0 Å². The third kappa shape index (κ3) is 2.43. The Balaban J connectivity index is 1.53. The summed E-state index contributed by atoms with van der Waals surface area (Å²) in [7, 11) is 0. The first-order valence-electron chi connectivity index (χ1n) is 8.38. The zero-order valence-corrected chi connectivity index (χ0v) is 13.9. The Morgan fingerprint density at radius 1 is 1.30 bits per heavy atom. The van der Waals surface area contributed by atoms with Crippen molar-refractivity contribution in [2.75, 3.05) is 11.9 Å². The number of benzene rings is 1. The van der Waals surface area contributed by atoms with Crippen molar-refractivity contribution in [1.29, 1.82) is 0 Å². The summed E-state index contributed by atoms with van der Waals surface area (Å²) in [5, 5.41) is 12.7. The molecule has 5 rings (SSSR count). The summed E-state index contributed by atoms with van der Waals surface area (Å²) in [5.41, 5.74) is 0.469. The van der Waals surface area contributed by atoms with E-state index in [1.54, 1.807) is 6.07 Å². The topological polar surface area (TPSA) is 103 Å². The molecular formula is C18H14FN3O5. The van der Waals surface area contributed by atoms with Crippen molar-refractivity contribution in [3.05, 3.63) is 59.1 Å². The van der Waals surface area contributed by atoms with Gasteiger partial charge in [-0.15, -0.1) is 0 Å². The van der Waals surface area contributed by atoms with Crippen LogP contribution in [0.4, 0.5) is 10.1 Å². The third-order valence-electron chi connectivity index (χ3n) is 4.81. The Bertz CT molecular complexity index is 1010. The second kappa shape index (κ2) is 5.81. The van der Waals surface area contributed by atoms with E-state index >= 15 is 0 Å². The first-order chi connectivity index (χ1) is 13.0. The van der Waals surface area contributed by atoms with Gasteiger partial charge >= 0.3 is 0 Å². The molecule has 27 heavy (non-hydrogen) atoms. The SMILES string of the molecule is O=C1C(Nc2cccc(F)c2)=CC(=O)c2c1nc1n2[C@H]2OC[C@@H](O)[C@H]2OC1. The summed E-state index contributed by atoms with van der Waals surface area (Å²) in [6.07, 6.45) is -0.964. The number of Topliss-reactive ketones (excluding diaryl/α,β-unsaturated/α-hetero) is 1. The molecule has 2 aromatic rings. The lowest BCUT2D eigenvalue weighted by molar-refractivity contribution is -0.0992. The molecular weight excluding hydrogens is 357 g/mol. The number of nitrogens with one attached hydrogen (secondary N) is 1. The molecule has 3 heterocycles. The number of aliphatic hydroxyl groups is 1. The van der Waals surface area contributed by atoms with Gasteiger partial charge in [0.05, 0.1) is 12.3 Å². The van der Waals surface area contributed by atoms with E-state index in [4.69, 9.17) is 9.47 Å². The molecule has 3 aliphatic rings. The van der Waals surface area contributed by atoms with Crippen LogP contribution in [0.5, 0.6) is 0 Å². The van der Waals surface area contributed by atoms with E-state index in [0.717, 1.165) is 0 Å². The van der Waals surface area contributed by atoms with Gasteiger partial charge in [0.25, 0.3) is 0 Å². The fourth-order valence-corrected chi connectivity index (χ4v) is 3.62. The van der Waals surface area contributed by atoms with Gasteiger partial charge < -0.3 is 19.9 Å². The molecule has 0 spiro atoms. The highest BCUT2D eigenvalue weighted by Crippen LogP contribution is 2.37. The smallest absolute Gasteiger partial charge is 0.230 e. The molecule has 1 aromatic carbocycles. The Hall–Kier alpha value is -2.88. The van der Waals surface area contributed by atoms with Crippen molar-refractivity contribution in [3.8, 4) is 0 Å². The van der Waals surface area contributed by atoms with Crippen LogP contribution in [0.3, 0.4) is 0 Å². The van der Waals surface area contributed by atoms with Crippen molar-refractivity contribution < 1.29 is 28.6 Å². The van der Waals surface area contributed by atoms with E-state index in [1.165, 1.54) is 28.8 Å². The van der Waals surface area contributed by atoms with Crippen LogP contribution >= 0.6 is 0 Å². The minimum absolute atomic E-state index is 0.00866. The van der Waals surface area contributed by atoms with Crippen molar-refractivity contribution in [3.63, 3.8) is 0 Å². The van der Waals surface area contributed by atoms with Crippen LogP contribution in [0, 0.1) is 5.82 Å². The summed E-state index contributed by atoms with van der Waals surface area (Å²) < 4.78 is 26.0. The number of anilines is 1. The predicted molar refractivity (Wildman–Crippen MR) is 88.6 cm³/mol. The molecule has 0 amide bonds. The van der Waals surface area contributed by atoms with Gasteiger partial charge in [0, 0.05) is 11.8 Å². The maximum Gasteiger partial charge on any atom is 0.230 e. The fraction of sp³-hybridized carbons (Fsp3) is 0.278. The highest BCUT2D eigenvalue weighted by Gasteiger charge is 2.46. The first-order valence-corrected chi connectivity index (χ1v) is 8.38. The van der Waals surface area contributed by atoms with Gasteiger partial charge in [0.2, 0.25) is 11.6 Å². The number of imidazole rings is 1. The van der Waals surface area contributed by atoms with E-state index in [9.17, 15) is 19.1 Å². The Labute approximate surface area is 152 Å². The number of allylic oxidation sites excluding steroid dienone is 2. The molecule has 0 saturated carbocycles. The van der Waals surface area contributed by atoms with E-state index in [0.29, 0.717) is 11.5 Å². The second-order valence-corrected chi connectivity index (χ2v) is 6.55. The molecule has 1 aliphatic carbocycles. The minimum atomic E-state index is -0.809. The van der Waals surface area contributed by atoms with Crippen LogP contribution in [0.25, 0.3) is 0 Å². The molecule has 3 atom stereocenters. The number of aliphatic hydroxyl groups excluding tert-OH is 1. The number of aromatic nitrogens is 2. The molecule has 2 aliphatic heterocycles. The van der Waals surface area contributed by atoms with Gasteiger partial charge in [-0.3, -0.25) is 14.2 Å². The normalized spacial score (nSPS) is 26.3. The van der Waals surface area contributed by atoms with Crippen LogP contribution in [0.15, 0.2) is 36.0 Å². The summed E-state index contributed by atoms with van der Waals surface area (Å²) in [6.45, 7) is 0.133. The van der Waals surface area contributed by atoms with Crippen LogP contribution in [-0.2, 0) is 16.1 Å². The molecule has 8 nitrogen and oxygen atoms in total. The number of fused-ring (bicyclic) bond motifs is 5.